The largest absolute Gasteiger partial charge is 0.465 e. The molecule has 0 aliphatic heterocycles. The molecule has 0 spiro atoms. The van der Waals surface area contributed by atoms with E-state index >= 15 is 0 Å². The van der Waals surface area contributed by atoms with Gasteiger partial charge in [-0.1, -0.05) is 0 Å². The van der Waals surface area contributed by atoms with Gasteiger partial charge in [-0.3, -0.25) is 4.79 Å². The fraction of sp³-hybridized carbons (Fsp3) is 0.100. The fourth-order valence-electron chi connectivity index (χ4n) is 1.44. The van der Waals surface area contributed by atoms with Crippen LogP contribution in [0.5, 0.6) is 0 Å². The third-order valence-electron chi connectivity index (χ3n) is 2.15. The SMILES string of the molecule is COC(=O)c1ccc2[nH]cnc2c1C=O. The minimum absolute atomic E-state index is 0.229. The molecule has 0 radical (unpaired) electrons. The molecular weight excluding hydrogens is 196 g/mol. The summed E-state index contributed by atoms with van der Waals surface area (Å²) in [6.45, 7) is 0. The van der Waals surface area contributed by atoms with Crippen molar-refractivity contribution in [3.8, 4) is 0 Å². The molecule has 0 saturated carbocycles. The molecule has 2 aromatic rings. The number of rotatable bonds is 2. The lowest BCUT2D eigenvalue weighted by Crippen LogP contribution is -2.05. The van der Waals surface area contributed by atoms with Gasteiger partial charge in [0.15, 0.2) is 6.29 Å². The zero-order valence-electron chi connectivity index (χ0n) is 7.98. The average molecular weight is 204 g/mol. The maximum atomic E-state index is 11.3. The molecule has 1 aromatic heterocycles. The van der Waals surface area contributed by atoms with Crippen LogP contribution in [0.15, 0.2) is 18.5 Å². The summed E-state index contributed by atoms with van der Waals surface area (Å²) in [5, 5.41) is 0. The number of H-pyrrole nitrogens is 1. The molecule has 5 nitrogen and oxygen atoms in total. The number of nitrogens with one attached hydrogen (secondary N) is 1. The highest BCUT2D eigenvalue weighted by Crippen LogP contribution is 2.18. The second kappa shape index (κ2) is 3.53. The molecule has 5 heteroatoms. The van der Waals surface area contributed by atoms with E-state index < -0.39 is 5.97 Å². The molecule has 0 aliphatic carbocycles. The number of fused-ring (bicyclic) bond motifs is 1. The Hall–Kier alpha value is -2.17. The van der Waals surface area contributed by atoms with Crippen molar-refractivity contribution in [2.75, 3.05) is 7.11 Å². The number of methoxy groups -OCH3 is 1. The summed E-state index contributed by atoms with van der Waals surface area (Å²) in [5.74, 6) is -0.540. The number of benzene rings is 1. The van der Waals surface area contributed by atoms with Crippen LogP contribution in [0.25, 0.3) is 11.0 Å². The van der Waals surface area contributed by atoms with Gasteiger partial charge in [0.25, 0.3) is 0 Å². The van der Waals surface area contributed by atoms with E-state index in [1.165, 1.54) is 19.5 Å². The number of aromatic amines is 1. The van der Waals surface area contributed by atoms with Crippen molar-refractivity contribution in [1.82, 2.24) is 9.97 Å². The molecule has 15 heavy (non-hydrogen) atoms. The second-order valence-electron chi connectivity index (χ2n) is 2.93. The van der Waals surface area contributed by atoms with Gasteiger partial charge in [0, 0.05) is 0 Å². The Bertz CT molecular complexity index is 530. The minimum atomic E-state index is -0.540. The van der Waals surface area contributed by atoms with Gasteiger partial charge in [-0.2, -0.15) is 0 Å². The van der Waals surface area contributed by atoms with E-state index in [0.717, 1.165) is 0 Å². The number of hydrogen-bond acceptors (Lipinski definition) is 4. The fourth-order valence-corrected chi connectivity index (χ4v) is 1.44. The number of imidazole rings is 1. The van der Waals surface area contributed by atoms with Crippen molar-refractivity contribution >= 4 is 23.3 Å². The number of aldehydes is 1. The molecule has 2 rings (SSSR count). The highest BCUT2D eigenvalue weighted by molar-refractivity contribution is 6.06. The molecule has 0 bridgehead atoms. The minimum Gasteiger partial charge on any atom is -0.465 e. The van der Waals surface area contributed by atoms with E-state index in [9.17, 15) is 9.59 Å². The standard InChI is InChI=1S/C10H8N2O3/c1-15-10(14)6-2-3-8-9(7(6)4-13)12-5-11-8/h2-5H,1H3,(H,11,12). The lowest BCUT2D eigenvalue weighted by molar-refractivity contribution is 0.0598. The highest BCUT2D eigenvalue weighted by atomic mass is 16.5. The highest BCUT2D eigenvalue weighted by Gasteiger charge is 2.15. The predicted octanol–water partition coefficient (Wildman–Crippen LogP) is 1.16. The van der Waals surface area contributed by atoms with Gasteiger partial charge in [-0.25, -0.2) is 9.78 Å². The number of nitrogens with zero attached hydrogens (tertiary/aromatic N) is 1. The van der Waals surface area contributed by atoms with Crippen LogP contribution in [0, 0.1) is 0 Å². The molecule has 0 atom stereocenters. The van der Waals surface area contributed by atoms with Gasteiger partial charge in [-0.15, -0.1) is 0 Å². The zero-order chi connectivity index (χ0) is 10.8. The van der Waals surface area contributed by atoms with Crippen molar-refractivity contribution < 1.29 is 14.3 Å². The molecule has 0 amide bonds. The van der Waals surface area contributed by atoms with Gasteiger partial charge in [-0.05, 0) is 12.1 Å². The Balaban J connectivity index is 2.74. The number of hydrogen-bond donors (Lipinski definition) is 1. The molecule has 0 fully saturated rings. The van der Waals surface area contributed by atoms with Crippen molar-refractivity contribution in [3.63, 3.8) is 0 Å². The van der Waals surface area contributed by atoms with Crippen molar-refractivity contribution in [2.24, 2.45) is 0 Å². The summed E-state index contributed by atoms with van der Waals surface area (Å²) in [6, 6.07) is 3.22. The van der Waals surface area contributed by atoms with Crippen LogP contribution in [0.1, 0.15) is 20.7 Å². The molecule has 0 saturated heterocycles. The molecule has 0 unspecified atom stereocenters. The predicted molar refractivity (Wildman–Crippen MR) is 52.8 cm³/mol. The van der Waals surface area contributed by atoms with Crippen LogP contribution in [0.2, 0.25) is 0 Å². The van der Waals surface area contributed by atoms with Gasteiger partial charge in [0.2, 0.25) is 0 Å². The number of aromatic nitrogens is 2. The maximum absolute atomic E-state index is 11.3. The Kier molecular flexibility index (Phi) is 2.21. The van der Waals surface area contributed by atoms with E-state index in [1.54, 1.807) is 6.07 Å². The lowest BCUT2D eigenvalue weighted by atomic mass is 10.1. The molecule has 76 valence electrons. The smallest absolute Gasteiger partial charge is 0.338 e. The third kappa shape index (κ3) is 1.38. The Labute approximate surface area is 85.1 Å². The van der Waals surface area contributed by atoms with E-state index in [2.05, 4.69) is 14.7 Å². The van der Waals surface area contributed by atoms with Crippen molar-refractivity contribution in [2.45, 2.75) is 0 Å². The number of ether oxygens (including phenoxy) is 1. The van der Waals surface area contributed by atoms with E-state index in [1.807, 2.05) is 0 Å². The number of carbonyl (C=O) groups is 2. The van der Waals surface area contributed by atoms with Crippen LogP contribution < -0.4 is 0 Å². The first-order valence-corrected chi connectivity index (χ1v) is 4.27. The Morgan fingerprint density at radius 3 is 3.00 bits per heavy atom. The summed E-state index contributed by atoms with van der Waals surface area (Å²) in [5.41, 5.74) is 1.67. The first-order valence-electron chi connectivity index (χ1n) is 4.27. The normalized spacial score (nSPS) is 10.2. The van der Waals surface area contributed by atoms with E-state index in [-0.39, 0.29) is 11.1 Å². The lowest BCUT2D eigenvalue weighted by Gasteiger charge is -2.02. The van der Waals surface area contributed by atoms with Crippen molar-refractivity contribution in [3.05, 3.63) is 29.6 Å². The average Bonchev–Trinajstić information content (AvgIpc) is 2.74. The van der Waals surface area contributed by atoms with Gasteiger partial charge in [0.05, 0.1) is 35.6 Å². The first-order chi connectivity index (χ1) is 7.27. The summed E-state index contributed by atoms with van der Waals surface area (Å²) in [4.78, 5) is 29.1. The monoisotopic (exact) mass is 204 g/mol. The third-order valence-corrected chi connectivity index (χ3v) is 2.15. The van der Waals surface area contributed by atoms with Crippen LogP contribution in [-0.4, -0.2) is 29.3 Å². The molecule has 0 aliphatic rings. The van der Waals surface area contributed by atoms with Gasteiger partial charge < -0.3 is 9.72 Å². The van der Waals surface area contributed by atoms with E-state index in [4.69, 9.17) is 0 Å². The molecule has 1 aromatic carbocycles. The number of carbonyl (C=O) groups excluding carboxylic acids is 2. The molecule has 1 N–H and O–H groups in total. The number of esters is 1. The summed E-state index contributed by atoms with van der Waals surface area (Å²) in [6.07, 6.45) is 2.08. The van der Waals surface area contributed by atoms with Crippen LogP contribution in [-0.2, 0) is 4.74 Å². The maximum Gasteiger partial charge on any atom is 0.338 e. The second-order valence-corrected chi connectivity index (χ2v) is 2.93. The van der Waals surface area contributed by atoms with Gasteiger partial charge >= 0.3 is 5.97 Å². The molecule has 1 heterocycles. The first kappa shape index (κ1) is 9.39. The van der Waals surface area contributed by atoms with E-state index in [0.29, 0.717) is 17.3 Å². The summed E-state index contributed by atoms with van der Waals surface area (Å²) >= 11 is 0. The zero-order valence-corrected chi connectivity index (χ0v) is 7.98. The topological polar surface area (TPSA) is 72.1 Å². The quantitative estimate of drug-likeness (QED) is 0.588. The molecular formula is C10H8N2O3. The summed E-state index contributed by atoms with van der Waals surface area (Å²) < 4.78 is 4.57. The van der Waals surface area contributed by atoms with Crippen LogP contribution in [0.3, 0.4) is 0 Å². The Morgan fingerprint density at radius 1 is 1.53 bits per heavy atom. The Morgan fingerprint density at radius 2 is 2.33 bits per heavy atom. The van der Waals surface area contributed by atoms with Crippen molar-refractivity contribution in [1.29, 1.82) is 0 Å². The van der Waals surface area contributed by atoms with Crippen LogP contribution in [0.4, 0.5) is 0 Å². The van der Waals surface area contributed by atoms with Gasteiger partial charge in [0.1, 0.15) is 0 Å². The van der Waals surface area contributed by atoms with Crippen LogP contribution >= 0.6 is 0 Å². The summed E-state index contributed by atoms with van der Waals surface area (Å²) in [7, 11) is 1.27.